The highest BCUT2D eigenvalue weighted by atomic mass is 16.6. The van der Waals surface area contributed by atoms with Crippen molar-refractivity contribution in [1.29, 1.82) is 0 Å². The summed E-state index contributed by atoms with van der Waals surface area (Å²) in [5, 5.41) is 22.7. The first-order chi connectivity index (χ1) is 14.5. The standard InChI is InChI=1S/C12H21N3O5.C8H11NO2/c1-7(2)4-9(12(19)20-8(3)16)15-11(18)6-14-10(17)5-13;9-4-3-6-1-2-7(10)8(11)5-6/h7,9H,4-6,13H2,1-3H3,(H,14,17)(H,15,18);1-2,5,10-11H,3-4,9H2/t9-;/m0./s1. The molecule has 0 unspecified atom stereocenters. The molecule has 0 spiro atoms. The molecule has 8 N–H and O–H groups in total. The summed E-state index contributed by atoms with van der Waals surface area (Å²) >= 11 is 0. The topological polar surface area (TPSA) is 194 Å². The zero-order chi connectivity index (χ0) is 24.0. The van der Waals surface area contributed by atoms with Gasteiger partial charge in [0.2, 0.25) is 11.8 Å². The van der Waals surface area contributed by atoms with E-state index < -0.39 is 29.8 Å². The van der Waals surface area contributed by atoms with Gasteiger partial charge in [0, 0.05) is 6.92 Å². The maximum Gasteiger partial charge on any atom is 0.336 e. The summed E-state index contributed by atoms with van der Waals surface area (Å²) in [4.78, 5) is 44.9. The summed E-state index contributed by atoms with van der Waals surface area (Å²) in [5.41, 5.74) is 11.3. The van der Waals surface area contributed by atoms with Crippen LogP contribution in [0, 0.1) is 5.92 Å². The Morgan fingerprint density at radius 2 is 1.71 bits per heavy atom. The molecular weight excluding hydrogens is 408 g/mol. The molecule has 174 valence electrons. The van der Waals surface area contributed by atoms with Gasteiger partial charge in [-0.25, -0.2) is 4.79 Å². The van der Waals surface area contributed by atoms with Crippen LogP contribution >= 0.6 is 0 Å². The first-order valence-corrected chi connectivity index (χ1v) is 9.69. The first kappa shape index (κ1) is 27.8. The minimum Gasteiger partial charge on any atom is -0.504 e. The molecule has 0 heterocycles. The van der Waals surface area contributed by atoms with Gasteiger partial charge in [-0.2, -0.15) is 0 Å². The largest absolute Gasteiger partial charge is 0.504 e. The van der Waals surface area contributed by atoms with Crippen LogP contribution in [0.2, 0.25) is 0 Å². The molecule has 2 amide bonds. The number of carbonyl (C=O) groups excluding carboxylic acids is 4. The van der Waals surface area contributed by atoms with E-state index >= 15 is 0 Å². The lowest BCUT2D eigenvalue weighted by Gasteiger charge is -2.18. The maximum absolute atomic E-state index is 11.7. The minimum atomic E-state index is -0.929. The van der Waals surface area contributed by atoms with Crippen molar-refractivity contribution >= 4 is 23.8 Å². The van der Waals surface area contributed by atoms with E-state index in [0.717, 1.165) is 12.5 Å². The lowest BCUT2D eigenvalue weighted by Crippen LogP contribution is -2.47. The predicted octanol–water partition coefficient (Wildman–Crippen LogP) is -0.719. The highest BCUT2D eigenvalue weighted by molar-refractivity contribution is 5.92. The molecular formula is C20H32N4O7. The van der Waals surface area contributed by atoms with Crippen molar-refractivity contribution in [3.8, 4) is 11.5 Å². The zero-order valence-electron chi connectivity index (χ0n) is 18.0. The van der Waals surface area contributed by atoms with Gasteiger partial charge in [-0.15, -0.1) is 0 Å². The number of esters is 2. The molecule has 11 heteroatoms. The summed E-state index contributed by atoms with van der Waals surface area (Å²) in [6, 6.07) is 3.78. The quantitative estimate of drug-likeness (QED) is 0.163. The predicted molar refractivity (Wildman–Crippen MR) is 113 cm³/mol. The Labute approximate surface area is 181 Å². The molecule has 1 aromatic carbocycles. The first-order valence-electron chi connectivity index (χ1n) is 9.69. The number of nitrogens with two attached hydrogens (primary N) is 2. The van der Waals surface area contributed by atoms with Crippen LogP contribution < -0.4 is 22.1 Å². The number of nitrogens with one attached hydrogen (secondary N) is 2. The lowest BCUT2D eigenvalue weighted by atomic mass is 10.0. The van der Waals surface area contributed by atoms with E-state index in [2.05, 4.69) is 15.4 Å². The molecule has 0 fully saturated rings. The molecule has 0 aliphatic carbocycles. The smallest absolute Gasteiger partial charge is 0.336 e. The van der Waals surface area contributed by atoms with Crippen molar-refractivity contribution in [3.63, 3.8) is 0 Å². The minimum absolute atomic E-state index is 0.0871. The van der Waals surface area contributed by atoms with Gasteiger partial charge in [0.1, 0.15) is 6.04 Å². The van der Waals surface area contributed by atoms with Crippen molar-refractivity contribution in [2.24, 2.45) is 17.4 Å². The molecule has 0 saturated carbocycles. The van der Waals surface area contributed by atoms with Crippen molar-refractivity contribution in [2.75, 3.05) is 19.6 Å². The molecule has 0 radical (unpaired) electrons. The molecule has 0 aliphatic heterocycles. The summed E-state index contributed by atoms with van der Waals surface area (Å²) in [5.74, 6) is -2.66. The Hall–Kier alpha value is -3.18. The molecule has 0 aromatic heterocycles. The van der Waals surface area contributed by atoms with Crippen molar-refractivity contribution in [3.05, 3.63) is 23.8 Å². The van der Waals surface area contributed by atoms with Crippen LogP contribution in [0.25, 0.3) is 0 Å². The van der Waals surface area contributed by atoms with Gasteiger partial charge in [-0.05, 0) is 43.0 Å². The molecule has 1 aromatic rings. The molecule has 31 heavy (non-hydrogen) atoms. The van der Waals surface area contributed by atoms with Crippen LogP contribution in [-0.4, -0.2) is 59.6 Å². The van der Waals surface area contributed by atoms with Gasteiger partial charge in [0.15, 0.2) is 11.5 Å². The molecule has 0 bridgehead atoms. The number of phenols is 2. The number of carbonyl (C=O) groups is 4. The zero-order valence-corrected chi connectivity index (χ0v) is 18.0. The summed E-state index contributed by atoms with van der Waals surface area (Å²) in [6.07, 6.45) is 1.04. The third-order valence-corrected chi connectivity index (χ3v) is 3.68. The van der Waals surface area contributed by atoms with Gasteiger partial charge in [-0.1, -0.05) is 19.9 Å². The van der Waals surface area contributed by atoms with Gasteiger partial charge in [-0.3, -0.25) is 14.4 Å². The van der Waals surface area contributed by atoms with Crippen LogP contribution in [0.4, 0.5) is 0 Å². The monoisotopic (exact) mass is 440 g/mol. The number of ether oxygens (including phenoxy) is 1. The lowest BCUT2D eigenvalue weighted by molar-refractivity contribution is -0.160. The fourth-order valence-electron chi connectivity index (χ4n) is 2.29. The second-order valence-corrected chi connectivity index (χ2v) is 7.00. The third kappa shape index (κ3) is 12.9. The van der Waals surface area contributed by atoms with Crippen LogP contribution in [0.5, 0.6) is 11.5 Å². The van der Waals surface area contributed by atoms with Gasteiger partial charge in [0.05, 0.1) is 13.1 Å². The van der Waals surface area contributed by atoms with Crippen molar-refractivity contribution in [2.45, 2.75) is 39.7 Å². The summed E-state index contributed by atoms with van der Waals surface area (Å²) < 4.78 is 4.46. The Bertz CT molecular complexity index is 753. The summed E-state index contributed by atoms with van der Waals surface area (Å²) in [6.45, 7) is 4.84. The average molecular weight is 440 g/mol. The van der Waals surface area contributed by atoms with E-state index in [1.54, 1.807) is 6.07 Å². The van der Waals surface area contributed by atoms with E-state index in [4.69, 9.17) is 21.7 Å². The molecule has 1 atom stereocenters. The number of aromatic hydroxyl groups is 2. The molecule has 0 aliphatic rings. The highest BCUT2D eigenvalue weighted by Crippen LogP contribution is 2.24. The van der Waals surface area contributed by atoms with Crippen LogP contribution in [0.15, 0.2) is 18.2 Å². The number of amides is 2. The SMILES string of the molecule is CC(=O)OC(=O)[C@H](CC(C)C)NC(=O)CNC(=O)CN.NCCc1ccc(O)c(O)c1. The van der Waals surface area contributed by atoms with E-state index in [0.29, 0.717) is 19.4 Å². The average Bonchev–Trinajstić information content (AvgIpc) is 2.68. The number of benzene rings is 1. The number of phenolic OH excluding ortho intramolecular Hbond substituents is 2. The van der Waals surface area contributed by atoms with Gasteiger partial charge >= 0.3 is 11.9 Å². The Morgan fingerprint density at radius 3 is 2.19 bits per heavy atom. The normalized spacial score (nSPS) is 11.0. The van der Waals surface area contributed by atoms with Gasteiger partial charge in [0.25, 0.3) is 0 Å². The Kier molecular flexibility index (Phi) is 13.2. The highest BCUT2D eigenvalue weighted by Gasteiger charge is 2.24. The fraction of sp³-hybridized carbons (Fsp3) is 0.500. The van der Waals surface area contributed by atoms with Crippen LogP contribution in [0.3, 0.4) is 0 Å². The molecule has 11 nitrogen and oxygen atoms in total. The van der Waals surface area contributed by atoms with E-state index in [-0.39, 0.29) is 30.5 Å². The second-order valence-electron chi connectivity index (χ2n) is 7.00. The van der Waals surface area contributed by atoms with E-state index in [9.17, 15) is 19.2 Å². The molecule has 0 saturated heterocycles. The van der Waals surface area contributed by atoms with E-state index in [1.165, 1.54) is 12.1 Å². The van der Waals surface area contributed by atoms with Crippen LogP contribution in [-0.2, 0) is 30.3 Å². The van der Waals surface area contributed by atoms with Gasteiger partial charge < -0.3 is 37.1 Å². The molecule has 1 rings (SSSR count). The Balaban J connectivity index is 0.000000683. The summed E-state index contributed by atoms with van der Waals surface area (Å²) in [7, 11) is 0. The Morgan fingerprint density at radius 1 is 1.06 bits per heavy atom. The maximum atomic E-state index is 11.7. The van der Waals surface area contributed by atoms with Crippen LogP contribution in [0.1, 0.15) is 32.8 Å². The number of hydrogen-bond acceptors (Lipinski definition) is 9. The number of rotatable bonds is 9. The second kappa shape index (κ2) is 14.7. The van der Waals surface area contributed by atoms with E-state index in [1.807, 2.05) is 13.8 Å². The van der Waals surface area contributed by atoms with Crippen molar-refractivity contribution in [1.82, 2.24) is 10.6 Å². The number of hydrogen-bond donors (Lipinski definition) is 6. The fourth-order valence-corrected chi connectivity index (χ4v) is 2.29. The van der Waals surface area contributed by atoms with Crippen molar-refractivity contribution < 1.29 is 34.1 Å². The third-order valence-electron chi connectivity index (χ3n) is 3.68.